The zero-order valence-corrected chi connectivity index (χ0v) is 13.5. The summed E-state index contributed by atoms with van der Waals surface area (Å²) in [4.78, 5) is 4.53. The SMILES string of the molecule is [B]OCCOP(=O)(OCCCC)Oc1ccc(CON)cc1. The number of phosphoric acid groups is 1. The maximum atomic E-state index is 12.5. The zero-order valence-electron chi connectivity index (χ0n) is 12.6. The molecule has 1 aromatic carbocycles. The highest BCUT2D eigenvalue weighted by Crippen LogP contribution is 2.49. The molecule has 0 aromatic heterocycles. The second-order valence-electron chi connectivity index (χ2n) is 4.38. The van der Waals surface area contributed by atoms with Crippen LogP contribution in [-0.2, 0) is 29.7 Å². The normalized spacial score (nSPS) is 13.7. The van der Waals surface area contributed by atoms with E-state index >= 15 is 0 Å². The molecule has 0 bridgehead atoms. The van der Waals surface area contributed by atoms with Gasteiger partial charge in [-0.2, -0.15) is 0 Å². The number of hydrogen-bond acceptors (Lipinski definition) is 7. The Labute approximate surface area is 132 Å². The van der Waals surface area contributed by atoms with Gasteiger partial charge >= 0.3 is 7.82 Å². The standard InChI is InChI=1S/C13H21BNO6P/c1-2-3-8-19-22(16,20-10-9-17-14)21-13-6-4-12(5-7-13)11-18-15/h4-7H,2-3,8-11,15H2,1H3. The summed E-state index contributed by atoms with van der Waals surface area (Å²) < 4.78 is 32.7. The molecule has 22 heavy (non-hydrogen) atoms. The predicted octanol–water partition coefficient (Wildman–Crippen LogP) is 2.50. The molecule has 0 heterocycles. The molecule has 0 aliphatic rings. The van der Waals surface area contributed by atoms with E-state index in [1.165, 1.54) is 0 Å². The second-order valence-corrected chi connectivity index (χ2v) is 5.98. The first-order valence-electron chi connectivity index (χ1n) is 6.94. The van der Waals surface area contributed by atoms with Crippen LogP contribution in [0.4, 0.5) is 0 Å². The van der Waals surface area contributed by atoms with Crippen molar-refractivity contribution in [1.82, 2.24) is 0 Å². The molecule has 0 saturated carbocycles. The van der Waals surface area contributed by atoms with Gasteiger partial charge in [0.2, 0.25) is 0 Å². The van der Waals surface area contributed by atoms with Crippen LogP contribution in [0.25, 0.3) is 0 Å². The molecular weight excluding hydrogens is 308 g/mol. The number of benzene rings is 1. The van der Waals surface area contributed by atoms with Gasteiger partial charge in [0.15, 0.2) is 0 Å². The van der Waals surface area contributed by atoms with E-state index in [0.717, 1.165) is 18.4 Å². The molecule has 1 unspecified atom stereocenters. The number of unbranched alkanes of at least 4 members (excludes halogenated alkanes) is 1. The third-order valence-electron chi connectivity index (χ3n) is 2.59. The lowest BCUT2D eigenvalue weighted by molar-refractivity contribution is 0.124. The Morgan fingerprint density at radius 1 is 1.14 bits per heavy atom. The van der Waals surface area contributed by atoms with Crippen LogP contribution < -0.4 is 10.4 Å². The zero-order chi connectivity index (χ0) is 16.3. The Kier molecular flexibility index (Phi) is 9.39. The average molecular weight is 329 g/mol. The summed E-state index contributed by atoms with van der Waals surface area (Å²) in [6, 6.07) is 6.74. The minimum absolute atomic E-state index is 0.000992. The fourth-order valence-electron chi connectivity index (χ4n) is 1.48. The van der Waals surface area contributed by atoms with Crippen molar-refractivity contribution in [2.24, 2.45) is 5.90 Å². The topological polar surface area (TPSA) is 89.2 Å². The minimum atomic E-state index is -3.72. The van der Waals surface area contributed by atoms with Crippen molar-refractivity contribution in [2.45, 2.75) is 26.4 Å². The summed E-state index contributed by atoms with van der Waals surface area (Å²) in [7, 11) is 1.18. The second kappa shape index (κ2) is 10.8. The minimum Gasteiger partial charge on any atom is -0.445 e. The van der Waals surface area contributed by atoms with Gasteiger partial charge in [0, 0.05) is 0 Å². The molecular formula is C13H21BNO6P. The van der Waals surface area contributed by atoms with E-state index in [1.807, 2.05) is 6.92 Å². The first-order valence-corrected chi connectivity index (χ1v) is 8.40. The Morgan fingerprint density at radius 2 is 1.82 bits per heavy atom. The summed E-state index contributed by atoms with van der Waals surface area (Å²) >= 11 is 0. The summed E-state index contributed by atoms with van der Waals surface area (Å²) in [5.74, 6) is 5.35. The van der Waals surface area contributed by atoms with Gasteiger partial charge in [0.25, 0.3) is 8.05 Å². The molecule has 7 nitrogen and oxygen atoms in total. The van der Waals surface area contributed by atoms with Gasteiger partial charge in [-0.05, 0) is 24.1 Å². The average Bonchev–Trinajstić information content (AvgIpc) is 2.50. The van der Waals surface area contributed by atoms with E-state index in [1.54, 1.807) is 24.3 Å². The molecule has 9 heteroatoms. The van der Waals surface area contributed by atoms with Crippen LogP contribution in [0, 0.1) is 0 Å². The van der Waals surface area contributed by atoms with Crippen LogP contribution in [0.1, 0.15) is 25.3 Å². The number of nitrogens with two attached hydrogens (primary N) is 1. The van der Waals surface area contributed by atoms with Crippen LogP contribution in [0.3, 0.4) is 0 Å². The molecule has 0 aliphatic carbocycles. The van der Waals surface area contributed by atoms with Crippen LogP contribution >= 0.6 is 7.82 Å². The van der Waals surface area contributed by atoms with Crippen molar-refractivity contribution < 1.29 is 27.6 Å². The number of hydrogen-bond donors (Lipinski definition) is 1. The Balaban J connectivity index is 2.66. The van der Waals surface area contributed by atoms with Crippen molar-refractivity contribution in [3.63, 3.8) is 0 Å². The van der Waals surface area contributed by atoms with E-state index in [4.69, 9.17) is 27.5 Å². The smallest absolute Gasteiger partial charge is 0.445 e. The molecule has 0 aliphatic heterocycles. The third kappa shape index (κ3) is 7.40. The third-order valence-corrected chi connectivity index (χ3v) is 4.02. The Bertz CT molecular complexity index is 444. The van der Waals surface area contributed by atoms with Crippen molar-refractivity contribution >= 4 is 15.9 Å². The molecule has 1 aromatic rings. The van der Waals surface area contributed by atoms with E-state index in [9.17, 15) is 4.57 Å². The summed E-state index contributed by atoms with van der Waals surface area (Å²) in [5.41, 5.74) is 0.856. The molecule has 1 atom stereocenters. The molecule has 2 N–H and O–H groups in total. The number of rotatable bonds is 12. The van der Waals surface area contributed by atoms with Gasteiger partial charge in [-0.3, -0.25) is 13.9 Å². The molecule has 0 amide bonds. The summed E-state index contributed by atoms with van der Waals surface area (Å²) in [6.45, 7) is 2.62. The highest BCUT2D eigenvalue weighted by molar-refractivity contribution is 7.48. The van der Waals surface area contributed by atoms with Crippen molar-refractivity contribution in [3.05, 3.63) is 29.8 Å². The maximum absolute atomic E-state index is 12.5. The fraction of sp³-hybridized carbons (Fsp3) is 0.538. The highest BCUT2D eigenvalue weighted by atomic mass is 31.2. The van der Waals surface area contributed by atoms with E-state index in [0.29, 0.717) is 5.75 Å². The Morgan fingerprint density at radius 3 is 2.41 bits per heavy atom. The molecule has 1 rings (SSSR count). The van der Waals surface area contributed by atoms with Gasteiger partial charge in [0.05, 0.1) is 26.4 Å². The lowest BCUT2D eigenvalue weighted by Crippen LogP contribution is -2.08. The Hall–Kier alpha value is -0.885. The monoisotopic (exact) mass is 329 g/mol. The van der Waals surface area contributed by atoms with Gasteiger partial charge in [0.1, 0.15) is 5.75 Å². The van der Waals surface area contributed by atoms with Gasteiger partial charge in [-0.1, -0.05) is 25.5 Å². The van der Waals surface area contributed by atoms with Gasteiger partial charge < -0.3 is 9.18 Å². The molecule has 2 radical (unpaired) electrons. The fourth-order valence-corrected chi connectivity index (χ4v) is 2.69. The quantitative estimate of drug-likeness (QED) is 0.273. The molecule has 122 valence electrons. The van der Waals surface area contributed by atoms with Crippen LogP contribution in [-0.4, -0.2) is 27.9 Å². The highest BCUT2D eigenvalue weighted by Gasteiger charge is 2.28. The van der Waals surface area contributed by atoms with Gasteiger partial charge in [-0.15, -0.1) is 0 Å². The van der Waals surface area contributed by atoms with E-state index in [2.05, 4.69) is 9.49 Å². The predicted molar refractivity (Wildman–Crippen MR) is 82.2 cm³/mol. The lowest BCUT2D eigenvalue weighted by Gasteiger charge is -2.18. The first kappa shape index (κ1) is 19.2. The van der Waals surface area contributed by atoms with Crippen LogP contribution in [0.15, 0.2) is 24.3 Å². The van der Waals surface area contributed by atoms with E-state index in [-0.39, 0.29) is 26.4 Å². The van der Waals surface area contributed by atoms with Crippen molar-refractivity contribution in [2.75, 3.05) is 19.8 Å². The van der Waals surface area contributed by atoms with Crippen molar-refractivity contribution in [1.29, 1.82) is 0 Å². The molecule has 0 spiro atoms. The first-order chi connectivity index (χ1) is 10.6. The summed E-state index contributed by atoms with van der Waals surface area (Å²) in [5, 5.41) is 0. The van der Waals surface area contributed by atoms with Crippen LogP contribution in [0.2, 0.25) is 0 Å². The lowest BCUT2D eigenvalue weighted by atomic mass is 10.2. The largest absolute Gasteiger partial charge is 0.530 e. The van der Waals surface area contributed by atoms with E-state index < -0.39 is 7.82 Å². The maximum Gasteiger partial charge on any atom is 0.530 e. The number of phosphoric ester groups is 1. The summed E-state index contributed by atoms with van der Waals surface area (Å²) in [6.07, 6.45) is 1.65. The van der Waals surface area contributed by atoms with Crippen molar-refractivity contribution in [3.8, 4) is 5.75 Å². The molecule has 0 fully saturated rings. The molecule has 0 saturated heterocycles. The van der Waals surface area contributed by atoms with Gasteiger partial charge in [-0.25, -0.2) is 10.5 Å². The van der Waals surface area contributed by atoms with Crippen LogP contribution in [0.5, 0.6) is 5.75 Å².